The van der Waals surface area contributed by atoms with Gasteiger partial charge in [-0.05, 0) is 37.5 Å². The molecule has 0 unspecified atom stereocenters. The summed E-state index contributed by atoms with van der Waals surface area (Å²) in [4.78, 5) is 35.4. The fraction of sp³-hybridized carbons (Fsp3) is 0.864. The number of aliphatic carboxylic acids is 1. The van der Waals surface area contributed by atoms with Crippen LogP contribution in [0.1, 0.15) is 85.5 Å². The number of nitrogens with one attached hydrogen (secondary N) is 1. The number of hydrogen-bond acceptors (Lipinski definition) is 6. The molecule has 8 heteroatoms. The number of aliphatic hydroxyl groups excluding tert-OH is 2. The first-order valence-electron chi connectivity index (χ1n) is 11.1. The molecule has 0 aromatic rings. The van der Waals surface area contributed by atoms with Crippen LogP contribution in [0.3, 0.4) is 0 Å². The van der Waals surface area contributed by atoms with E-state index in [0.717, 1.165) is 32.1 Å². The third-order valence-corrected chi connectivity index (χ3v) is 5.18. The maximum absolute atomic E-state index is 12.2. The molecule has 0 radical (unpaired) electrons. The number of unbranched alkanes of at least 4 members (excludes halogenated alkanes) is 1. The van der Waals surface area contributed by atoms with Gasteiger partial charge < -0.3 is 25.4 Å². The van der Waals surface area contributed by atoms with Gasteiger partial charge in [0.2, 0.25) is 5.91 Å². The molecule has 4 N–H and O–H groups in total. The summed E-state index contributed by atoms with van der Waals surface area (Å²) in [6, 6.07) is -1.39. The molecule has 4 atom stereocenters. The summed E-state index contributed by atoms with van der Waals surface area (Å²) in [6.45, 7) is 7.68. The molecule has 176 valence electrons. The summed E-state index contributed by atoms with van der Waals surface area (Å²) >= 11 is 0. The molecule has 0 rings (SSSR count). The second-order valence-electron chi connectivity index (χ2n) is 8.58. The van der Waals surface area contributed by atoms with Gasteiger partial charge in [-0.25, -0.2) is 4.79 Å². The molecule has 1 amide bonds. The lowest BCUT2D eigenvalue weighted by Gasteiger charge is -2.20. The lowest BCUT2D eigenvalue weighted by atomic mass is 9.99. The maximum atomic E-state index is 12.2. The van der Waals surface area contributed by atoms with Crippen molar-refractivity contribution in [2.75, 3.05) is 6.61 Å². The number of carboxylic acid groups (broad SMARTS) is 1. The first-order chi connectivity index (χ1) is 14.1. The number of amides is 1. The zero-order valence-corrected chi connectivity index (χ0v) is 18.9. The van der Waals surface area contributed by atoms with Crippen LogP contribution in [0.4, 0.5) is 0 Å². The second-order valence-corrected chi connectivity index (χ2v) is 8.58. The van der Waals surface area contributed by atoms with Gasteiger partial charge in [-0.2, -0.15) is 0 Å². The van der Waals surface area contributed by atoms with Crippen molar-refractivity contribution in [2.24, 2.45) is 11.8 Å². The molecule has 0 fully saturated rings. The van der Waals surface area contributed by atoms with Crippen molar-refractivity contribution < 1.29 is 34.4 Å². The first kappa shape index (κ1) is 28.3. The largest absolute Gasteiger partial charge is 0.480 e. The van der Waals surface area contributed by atoms with Crippen LogP contribution in [0.15, 0.2) is 0 Å². The maximum Gasteiger partial charge on any atom is 0.328 e. The fourth-order valence-electron chi connectivity index (χ4n) is 2.98. The molecule has 0 spiro atoms. The Labute approximate surface area is 180 Å². The lowest BCUT2D eigenvalue weighted by molar-refractivity contribution is -0.154. The van der Waals surface area contributed by atoms with Crippen LogP contribution in [0, 0.1) is 11.8 Å². The van der Waals surface area contributed by atoms with Crippen LogP contribution in [0.2, 0.25) is 0 Å². The number of esters is 1. The van der Waals surface area contributed by atoms with E-state index in [0.29, 0.717) is 24.7 Å². The molecule has 0 aromatic carbocycles. The van der Waals surface area contributed by atoms with E-state index >= 15 is 0 Å². The number of carbonyl (C=O) groups is 3. The Hall–Kier alpha value is -1.67. The minimum absolute atomic E-state index is 0.130. The fourth-order valence-corrected chi connectivity index (χ4v) is 2.98. The number of carbonyl (C=O) groups excluding carboxylic acids is 2. The van der Waals surface area contributed by atoms with Gasteiger partial charge in [-0.3, -0.25) is 9.59 Å². The zero-order chi connectivity index (χ0) is 23.1. The Morgan fingerprint density at radius 2 is 1.60 bits per heavy atom. The number of carboxylic acids is 1. The van der Waals surface area contributed by atoms with Crippen LogP contribution >= 0.6 is 0 Å². The van der Waals surface area contributed by atoms with E-state index in [4.69, 9.17) is 14.9 Å². The van der Waals surface area contributed by atoms with E-state index in [1.807, 2.05) is 0 Å². The number of ether oxygens (including phenoxy) is 1. The van der Waals surface area contributed by atoms with Gasteiger partial charge >= 0.3 is 11.9 Å². The van der Waals surface area contributed by atoms with Crippen molar-refractivity contribution in [2.45, 2.75) is 104 Å². The predicted octanol–water partition coefficient (Wildman–Crippen LogP) is 2.64. The molecule has 0 aromatic heterocycles. The second kappa shape index (κ2) is 16.1. The van der Waals surface area contributed by atoms with Crippen molar-refractivity contribution >= 4 is 17.8 Å². The number of hydrogen-bond donors (Lipinski definition) is 4. The van der Waals surface area contributed by atoms with Crippen molar-refractivity contribution in [1.82, 2.24) is 5.32 Å². The van der Waals surface area contributed by atoms with E-state index in [9.17, 15) is 19.5 Å². The predicted molar refractivity (Wildman–Crippen MR) is 114 cm³/mol. The highest BCUT2D eigenvalue weighted by molar-refractivity contribution is 5.84. The Balaban J connectivity index is 4.71. The van der Waals surface area contributed by atoms with Crippen molar-refractivity contribution in [1.29, 1.82) is 0 Å². The number of rotatable bonds is 17. The van der Waals surface area contributed by atoms with Crippen molar-refractivity contribution in [3.8, 4) is 0 Å². The molecule has 0 heterocycles. The van der Waals surface area contributed by atoms with Gasteiger partial charge in [0.25, 0.3) is 0 Å². The summed E-state index contributed by atoms with van der Waals surface area (Å²) in [6.07, 6.45) is 3.75. The molecule has 0 saturated heterocycles. The minimum Gasteiger partial charge on any atom is -0.480 e. The van der Waals surface area contributed by atoms with Gasteiger partial charge in [-0.15, -0.1) is 0 Å². The average Bonchev–Trinajstić information content (AvgIpc) is 2.66. The Bertz CT molecular complexity index is 510. The van der Waals surface area contributed by atoms with E-state index in [1.165, 1.54) is 0 Å². The molecule has 0 saturated carbocycles. The van der Waals surface area contributed by atoms with Crippen LogP contribution in [-0.2, 0) is 19.1 Å². The van der Waals surface area contributed by atoms with Gasteiger partial charge in [0.15, 0.2) is 0 Å². The highest BCUT2D eigenvalue weighted by Gasteiger charge is 2.24. The van der Waals surface area contributed by atoms with Gasteiger partial charge in [0.1, 0.15) is 12.1 Å². The summed E-state index contributed by atoms with van der Waals surface area (Å²) < 4.78 is 5.44. The highest BCUT2D eigenvalue weighted by Crippen LogP contribution is 2.17. The van der Waals surface area contributed by atoms with Gasteiger partial charge in [0.05, 0.1) is 25.6 Å². The monoisotopic (exact) mass is 431 g/mol. The average molecular weight is 432 g/mol. The van der Waals surface area contributed by atoms with Crippen LogP contribution in [-0.4, -0.2) is 58.0 Å². The SMILES string of the molecule is CC[C@H](C)CC[C@H](O)CC(=O)O[C@H](CCCCC(C)C)CC(=O)N[C@@H](CO)C(=O)O. The smallest absolute Gasteiger partial charge is 0.328 e. The molecule has 0 aliphatic heterocycles. The Morgan fingerprint density at radius 1 is 0.967 bits per heavy atom. The standard InChI is InChI=1S/C22H41NO7/c1-5-16(4)10-11-17(25)12-21(27)30-18(9-7-6-8-15(2)3)13-20(26)23-19(14-24)22(28)29/h15-19,24-25H,5-14H2,1-4H3,(H,23,26)(H,28,29)/t16-,17-,18+,19-/m0/s1. The van der Waals surface area contributed by atoms with E-state index < -0.39 is 42.7 Å². The third kappa shape index (κ3) is 14.3. The molecule has 30 heavy (non-hydrogen) atoms. The molecule has 0 aliphatic carbocycles. The summed E-state index contributed by atoms with van der Waals surface area (Å²) in [5, 5.41) is 30.3. The lowest BCUT2D eigenvalue weighted by Crippen LogP contribution is -2.44. The van der Waals surface area contributed by atoms with Crippen molar-refractivity contribution in [3.63, 3.8) is 0 Å². The summed E-state index contributed by atoms with van der Waals surface area (Å²) in [5.41, 5.74) is 0. The van der Waals surface area contributed by atoms with Crippen LogP contribution in [0.25, 0.3) is 0 Å². The molecule has 8 nitrogen and oxygen atoms in total. The van der Waals surface area contributed by atoms with E-state index in [-0.39, 0.29) is 12.8 Å². The van der Waals surface area contributed by atoms with E-state index in [1.54, 1.807) is 0 Å². The molecular weight excluding hydrogens is 390 g/mol. The highest BCUT2D eigenvalue weighted by atomic mass is 16.5. The van der Waals surface area contributed by atoms with Crippen molar-refractivity contribution in [3.05, 3.63) is 0 Å². The first-order valence-corrected chi connectivity index (χ1v) is 11.1. The van der Waals surface area contributed by atoms with Crippen LogP contribution in [0.5, 0.6) is 0 Å². The summed E-state index contributed by atoms with van der Waals surface area (Å²) in [7, 11) is 0. The molecular formula is C22H41NO7. The molecule has 0 aliphatic rings. The minimum atomic E-state index is -1.39. The zero-order valence-electron chi connectivity index (χ0n) is 18.9. The van der Waals surface area contributed by atoms with Gasteiger partial charge in [-0.1, -0.05) is 47.0 Å². The number of aliphatic hydroxyl groups is 2. The van der Waals surface area contributed by atoms with Crippen LogP contribution < -0.4 is 5.32 Å². The van der Waals surface area contributed by atoms with E-state index in [2.05, 4.69) is 33.0 Å². The Morgan fingerprint density at radius 3 is 2.13 bits per heavy atom. The topological polar surface area (TPSA) is 133 Å². The van der Waals surface area contributed by atoms with Gasteiger partial charge in [0, 0.05) is 0 Å². The third-order valence-electron chi connectivity index (χ3n) is 5.18. The quantitative estimate of drug-likeness (QED) is 0.205. The summed E-state index contributed by atoms with van der Waals surface area (Å²) in [5.74, 6) is -1.47. The Kier molecular flexibility index (Phi) is 15.2. The molecule has 0 bridgehead atoms. The normalized spacial score (nSPS) is 15.3.